The summed E-state index contributed by atoms with van der Waals surface area (Å²) >= 11 is 0. The Kier molecular flexibility index (Phi) is 3.10. The Morgan fingerprint density at radius 2 is 2.38 bits per heavy atom. The highest BCUT2D eigenvalue weighted by Crippen LogP contribution is 2.26. The van der Waals surface area contributed by atoms with Gasteiger partial charge in [0.2, 0.25) is 0 Å². The molecule has 1 aromatic rings. The molecule has 1 saturated heterocycles. The van der Waals surface area contributed by atoms with Gasteiger partial charge in [-0.05, 0) is 31.5 Å². The standard InChI is InChI=1S/C12H16N2O2/c1-16-10-6-2-4-8(11(10)13)12(15)9-5-3-7-14-9/h2,4,6,9,14H,3,5,7,13H2,1H3. The maximum Gasteiger partial charge on any atom is 0.181 e. The van der Waals surface area contributed by atoms with Crippen molar-refractivity contribution >= 4 is 11.5 Å². The third-order valence-electron chi connectivity index (χ3n) is 2.93. The van der Waals surface area contributed by atoms with Gasteiger partial charge in [-0.2, -0.15) is 0 Å². The molecule has 86 valence electrons. The SMILES string of the molecule is COc1cccc(C(=O)C2CCCN2)c1N. The maximum atomic E-state index is 12.1. The summed E-state index contributed by atoms with van der Waals surface area (Å²) in [5, 5.41) is 3.17. The van der Waals surface area contributed by atoms with Crippen molar-refractivity contribution in [2.45, 2.75) is 18.9 Å². The van der Waals surface area contributed by atoms with Crippen molar-refractivity contribution in [3.05, 3.63) is 23.8 Å². The van der Waals surface area contributed by atoms with Gasteiger partial charge in [0.15, 0.2) is 5.78 Å². The van der Waals surface area contributed by atoms with Crippen LogP contribution in [0, 0.1) is 0 Å². The Labute approximate surface area is 94.8 Å². The van der Waals surface area contributed by atoms with Crippen molar-refractivity contribution < 1.29 is 9.53 Å². The van der Waals surface area contributed by atoms with Gasteiger partial charge in [-0.25, -0.2) is 0 Å². The predicted molar refractivity (Wildman–Crippen MR) is 62.8 cm³/mol. The molecule has 2 rings (SSSR count). The molecule has 1 aromatic carbocycles. The van der Waals surface area contributed by atoms with Gasteiger partial charge in [0.1, 0.15) is 5.75 Å². The third-order valence-corrected chi connectivity index (χ3v) is 2.93. The van der Waals surface area contributed by atoms with E-state index in [1.807, 2.05) is 0 Å². The van der Waals surface area contributed by atoms with Crippen molar-refractivity contribution in [3.8, 4) is 5.75 Å². The van der Waals surface area contributed by atoms with Crippen molar-refractivity contribution in [2.75, 3.05) is 19.4 Å². The minimum atomic E-state index is -0.0885. The number of rotatable bonds is 3. The summed E-state index contributed by atoms with van der Waals surface area (Å²) < 4.78 is 5.10. The highest BCUT2D eigenvalue weighted by molar-refractivity contribution is 6.05. The van der Waals surface area contributed by atoms with Crippen LogP contribution in [-0.2, 0) is 0 Å². The number of methoxy groups -OCH3 is 1. The highest BCUT2D eigenvalue weighted by atomic mass is 16.5. The molecule has 0 radical (unpaired) electrons. The first-order valence-electron chi connectivity index (χ1n) is 5.44. The number of nitrogens with one attached hydrogen (secondary N) is 1. The number of carbonyl (C=O) groups excluding carboxylic acids is 1. The van der Waals surface area contributed by atoms with Crippen LogP contribution >= 0.6 is 0 Å². The molecular formula is C12H16N2O2. The Morgan fingerprint density at radius 3 is 3.00 bits per heavy atom. The number of nitrogens with two attached hydrogens (primary N) is 1. The van der Waals surface area contributed by atoms with E-state index in [0.29, 0.717) is 17.0 Å². The van der Waals surface area contributed by atoms with Gasteiger partial charge in [-0.3, -0.25) is 4.79 Å². The third kappa shape index (κ3) is 1.88. The minimum Gasteiger partial charge on any atom is -0.495 e. The van der Waals surface area contributed by atoms with Gasteiger partial charge in [0, 0.05) is 5.56 Å². The number of hydrogen-bond donors (Lipinski definition) is 2. The Morgan fingerprint density at radius 1 is 1.56 bits per heavy atom. The van der Waals surface area contributed by atoms with Crippen LogP contribution < -0.4 is 15.8 Å². The molecule has 3 N–H and O–H groups in total. The molecule has 0 aliphatic carbocycles. The molecule has 4 heteroatoms. The van der Waals surface area contributed by atoms with E-state index in [9.17, 15) is 4.79 Å². The summed E-state index contributed by atoms with van der Waals surface area (Å²) in [6, 6.07) is 5.21. The zero-order valence-corrected chi connectivity index (χ0v) is 9.32. The molecule has 0 saturated carbocycles. The van der Waals surface area contributed by atoms with Crippen LogP contribution in [0.5, 0.6) is 5.75 Å². The molecule has 0 bridgehead atoms. The monoisotopic (exact) mass is 220 g/mol. The molecule has 1 aliphatic rings. The molecule has 1 aliphatic heterocycles. The van der Waals surface area contributed by atoms with Crippen molar-refractivity contribution in [3.63, 3.8) is 0 Å². The number of hydrogen-bond acceptors (Lipinski definition) is 4. The molecule has 16 heavy (non-hydrogen) atoms. The van der Waals surface area contributed by atoms with E-state index in [1.165, 1.54) is 0 Å². The molecular weight excluding hydrogens is 204 g/mol. The molecule has 0 spiro atoms. The highest BCUT2D eigenvalue weighted by Gasteiger charge is 2.25. The van der Waals surface area contributed by atoms with Crippen molar-refractivity contribution in [1.82, 2.24) is 5.32 Å². The van der Waals surface area contributed by atoms with Gasteiger partial charge in [0.05, 0.1) is 18.8 Å². The Bertz CT molecular complexity index is 398. The number of ketones is 1. The van der Waals surface area contributed by atoms with Gasteiger partial charge in [-0.15, -0.1) is 0 Å². The summed E-state index contributed by atoms with van der Waals surface area (Å²) in [4.78, 5) is 12.1. The first kappa shape index (κ1) is 11.0. The smallest absolute Gasteiger partial charge is 0.181 e. The summed E-state index contributed by atoms with van der Waals surface area (Å²) in [6.45, 7) is 0.903. The number of anilines is 1. The molecule has 1 heterocycles. The topological polar surface area (TPSA) is 64.3 Å². The van der Waals surface area contributed by atoms with Gasteiger partial charge in [0.25, 0.3) is 0 Å². The Balaban J connectivity index is 2.29. The predicted octanol–water partition coefficient (Wildman–Crippen LogP) is 1.21. The molecule has 1 atom stereocenters. The lowest BCUT2D eigenvalue weighted by Crippen LogP contribution is -2.31. The van der Waals surface area contributed by atoms with Crippen molar-refractivity contribution in [2.24, 2.45) is 0 Å². The number of nitrogen functional groups attached to an aromatic ring is 1. The lowest BCUT2D eigenvalue weighted by Gasteiger charge is -2.12. The second kappa shape index (κ2) is 4.53. The number of Topliss-reactive ketones (excluding diaryl/α,β-unsaturated/α-hetero) is 1. The van der Waals surface area contributed by atoms with Crippen LogP contribution in [-0.4, -0.2) is 25.5 Å². The largest absolute Gasteiger partial charge is 0.495 e. The van der Waals surface area contributed by atoms with Crippen LogP contribution in [0.25, 0.3) is 0 Å². The molecule has 0 amide bonds. The molecule has 4 nitrogen and oxygen atoms in total. The van der Waals surface area contributed by atoms with Crippen LogP contribution in [0.1, 0.15) is 23.2 Å². The van der Waals surface area contributed by atoms with E-state index in [4.69, 9.17) is 10.5 Å². The minimum absolute atomic E-state index is 0.0638. The number of para-hydroxylation sites is 1. The summed E-state index contributed by atoms with van der Waals surface area (Å²) in [5.74, 6) is 0.623. The van der Waals surface area contributed by atoms with Crippen LogP contribution in [0.3, 0.4) is 0 Å². The quantitative estimate of drug-likeness (QED) is 0.593. The normalized spacial score (nSPS) is 19.7. The fourth-order valence-electron chi connectivity index (χ4n) is 2.03. The van der Waals surface area contributed by atoms with E-state index in [0.717, 1.165) is 19.4 Å². The lowest BCUT2D eigenvalue weighted by atomic mass is 10.0. The molecule has 0 aromatic heterocycles. The summed E-state index contributed by atoms with van der Waals surface area (Å²) in [6.07, 6.45) is 1.93. The van der Waals surface area contributed by atoms with E-state index in [2.05, 4.69) is 5.32 Å². The second-order valence-corrected chi connectivity index (χ2v) is 3.93. The fourth-order valence-corrected chi connectivity index (χ4v) is 2.03. The van der Waals surface area contributed by atoms with Gasteiger partial charge >= 0.3 is 0 Å². The van der Waals surface area contributed by atoms with Gasteiger partial charge in [-0.1, -0.05) is 6.07 Å². The average molecular weight is 220 g/mol. The van der Waals surface area contributed by atoms with Gasteiger partial charge < -0.3 is 15.8 Å². The summed E-state index contributed by atoms with van der Waals surface area (Å²) in [5.41, 5.74) is 6.88. The average Bonchev–Trinajstić information content (AvgIpc) is 2.82. The Hall–Kier alpha value is -1.55. The van der Waals surface area contributed by atoms with Crippen LogP contribution in [0.4, 0.5) is 5.69 Å². The first-order valence-corrected chi connectivity index (χ1v) is 5.44. The fraction of sp³-hybridized carbons (Fsp3) is 0.417. The molecule has 1 unspecified atom stereocenters. The van der Waals surface area contributed by atoms with E-state index < -0.39 is 0 Å². The van der Waals surface area contributed by atoms with E-state index in [-0.39, 0.29) is 11.8 Å². The maximum absolute atomic E-state index is 12.1. The van der Waals surface area contributed by atoms with E-state index in [1.54, 1.807) is 25.3 Å². The summed E-state index contributed by atoms with van der Waals surface area (Å²) in [7, 11) is 1.55. The lowest BCUT2D eigenvalue weighted by molar-refractivity contribution is 0.0953. The zero-order valence-electron chi connectivity index (χ0n) is 9.32. The zero-order chi connectivity index (χ0) is 11.5. The number of ether oxygens (including phenoxy) is 1. The van der Waals surface area contributed by atoms with Crippen molar-refractivity contribution in [1.29, 1.82) is 0 Å². The second-order valence-electron chi connectivity index (χ2n) is 3.93. The van der Waals surface area contributed by atoms with Crippen LogP contribution in [0.2, 0.25) is 0 Å². The van der Waals surface area contributed by atoms with E-state index >= 15 is 0 Å². The molecule has 1 fully saturated rings. The number of carbonyl (C=O) groups is 1. The first-order chi connectivity index (χ1) is 7.74. The van der Waals surface area contributed by atoms with Crippen LogP contribution in [0.15, 0.2) is 18.2 Å². The number of benzene rings is 1.